The van der Waals surface area contributed by atoms with E-state index in [4.69, 9.17) is 14.2 Å². The molecule has 1 aromatic rings. The van der Waals surface area contributed by atoms with E-state index in [-0.39, 0.29) is 6.42 Å². The van der Waals surface area contributed by atoms with E-state index in [1.165, 1.54) is 7.11 Å². The van der Waals surface area contributed by atoms with Gasteiger partial charge in [-0.15, -0.1) is 0 Å². The van der Waals surface area contributed by atoms with Crippen molar-refractivity contribution in [2.75, 3.05) is 38.3 Å². The first-order valence-electron chi connectivity index (χ1n) is 6.25. The third-order valence-electron chi connectivity index (χ3n) is 3.19. The number of hydrogen-bond acceptors (Lipinski definition) is 9. The van der Waals surface area contributed by atoms with Crippen molar-refractivity contribution >= 4 is 17.5 Å². The molecule has 20 heavy (non-hydrogen) atoms. The van der Waals surface area contributed by atoms with Gasteiger partial charge in [-0.1, -0.05) is 5.16 Å². The Bertz CT molecular complexity index is 523. The van der Waals surface area contributed by atoms with Crippen molar-refractivity contribution in [3.63, 3.8) is 0 Å². The number of rotatable bonds is 3. The summed E-state index contributed by atoms with van der Waals surface area (Å²) in [4.78, 5) is 18.5. The molecule has 0 aliphatic carbocycles. The van der Waals surface area contributed by atoms with Gasteiger partial charge >= 0.3 is 5.97 Å². The van der Waals surface area contributed by atoms with Crippen molar-refractivity contribution in [1.82, 2.24) is 10.3 Å². The second kappa shape index (κ2) is 5.45. The number of oxime groups is 1. The smallest absolute Gasteiger partial charge is 0.350 e. The lowest BCUT2D eigenvalue weighted by Gasteiger charge is -2.26. The lowest BCUT2D eigenvalue weighted by molar-refractivity contribution is -0.152. The summed E-state index contributed by atoms with van der Waals surface area (Å²) in [6.07, 6.45) is -0.442. The predicted molar refractivity (Wildman–Crippen MR) is 65.4 cm³/mol. The van der Waals surface area contributed by atoms with Gasteiger partial charge in [-0.3, -0.25) is 0 Å². The molecule has 0 spiro atoms. The fourth-order valence-corrected chi connectivity index (χ4v) is 2.12. The SMILES string of the molecule is COC(=O)C1CC(c2nonc2N2CCOCC2)=NO1. The number of ether oxygens (including phenoxy) is 2. The molecule has 1 aromatic heterocycles. The second-order valence-corrected chi connectivity index (χ2v) is 4.40. The summed E-state index contributed by atoms with van der Waals surface area (Å²) in [5.74, 6) is 0.134. The molecular weight excluding hydrogens is 268 g/mol. The predicted octanol–water partition coefficient (Wildman–Crippen LogP) is -0.428. The zero-order valence-corrected chi connectivity index (χ0v) is 10.9. The van der Waals surface area contributed by atoms with Gasteiger partial charge < -0.3 is 19.2 Å². The van der Waals surface area contributed by atoms with Crippen LogP contribution >= 0.6 is 0 Å². The number of aromatic nitrogens is 2. The monoisotopic (exact) mass is 282 g/mol. The molecule has 2 aliphatic rings. The van der Waals surface area contributed by atoms with E-state index in [0.29, 0.717) is 43.5 Å². The fourth-order valence-electron chi connectivity index (χ4n) is 2.12. The molecule has 3 heterocycles. The van der Waals surface area contributed by atoms with Crippen molar-refractivity contribution in [3.05, 3.63) is 5.69 Å². The molecule has 2 aliphatic heterocycles. The molecule has 9 nitrogen and oxygen atoms in total. The highest BCUT2D eigenvalue weighted by molar-refractivity contribution is 6.05. The summed E-state index contributed by atoms with van der Waals surface area (Å²) in [5, 5.41) is 11.6. The third kappa shape index (κ3) is 2.31. The molecule has 0 amide bonds. The van der Waals surface area contributed by atoms with Crippen LogP contribution in [0.5, 0.6) is 0 Å². The molecule has 0 bridgehead atoms. The number of carbonyl (C=O) groups excluding carboxylic acids is 1. The van der Waals surface area contributed by atoms with Crippen molar-refractivity contribution in [2.24, 2.45) is 5.16 Å². The van der Waals surface area contributed by atoms with Gasteiger partial charge in [0.05, 0.1) is 20.3 Å². The van der Waals surface area contributed by atoms with Crippen LogP contribution < -0.4 is 4.90 Å². The summed E-state index contributed by atoms with van der Waals surface area (Å²) < 4.78 is 14.7. The summed E-state index contributed by atoms with van der Waals surface area (Å²) >= 11 is 0. The van der Waals surface area contributed by atoms with Crippen LogP contribution in [0.25, 0.3) is 0 Å². The molecule has 108 valence electrons. The van der Waals surface area contributed by atoms with E-state index in [9.17, 15) is 4.79 Å². The van der Waals surface area contributed by atoms with Gasteiger partial charge in [-0.2, -0.15) is 0 Å². The van der Waals surface area contributed by atoms with Crippen LogP contribution in [-0.2, 0) is 19.1 Å². The van der Waals surface area contributed by atoms with E-state index in [1.807, 2.05) is 4.90 Å². The Balaban J connectivity index is 1.75. The van der Waals surface area contributed by atoms with Gasteiger partial charge in [0.25, 0.3) is 0 Å². The molecule has 0 N–H and O–H groups in total. The Morgan fingerprint density at radius 1 is 1.35 bits per heavy atom. The average Bonchev–Trinajstić information content (AvgIpc) is 3.15. The molecule has 1 atom stereocenters. The largest absolute Gasteiger partial charge is 0.466 e. The van der Waals surface area contributed by atoms with Crippen LogP contribution in [0.15, 0.2) is 9.78 Å². The maximum Gasteiger partial charge on any atom is 0.350 e. The normalized spacial score (nSPS) is 22.4. The van der Waals surface area contributed by atoms with Crippen LogP contribution in [0.1, 0.15) is 12.1 Å². The first-order valence-corrected chi connectivity index (χ1v) is 6.25. The molecule has 1 saturated heterocycles. The van der Waals surface area contributed by atoms with Gasteiger partial charge in [0.1, 0.15) is 5.71 Å². The standard InChI is InChI=1S/C11H14N4O5/c1-17-11(16)8-6-7(12-19-8)9-10(14-20-13-9)15-2-4-18-5-3-15/h8H,2-6H2,1H3. The number of carbonyl (C=O) groups is 1. The Morgan fingerprint density at radius 3 is 2.90 bits per heavy atom. The number of morpholine rings is 1. The van der Waals surface area contributed by atoms with E-state index < -0.39 is 12.1 Å². The molecule has 1 fully saturated rings. The lowest BCUT2D eigenvalue weighted by Crippen LogP contribution is -2.37. The van der Waals surface area contributed by atoms with Crippen LogP contribution in [0, 0.1) is 0 Å². The molecule has 1 unspecified atom stereocenters. The van der Waals surface area contributed by atoms with E-state index in [2.05, 4.69) is 20.2 Å². The second-order valence-electron chi connectivity index (χ2n) is 4.40. The highest BCUT2D eigenvalue weighted by Gasteiger charge is 2.34. The maximum atomic E-state index is 11.4. The van der Waals surface area contributed by atoms with Gasteiger partial charge in [0.2, 0.25) is 11.9 Å². The number of nitrogens with zero attached hydrogens (tertiary/aromatic N) is 4. The zero-order chi connectivity index (χ0) is 13.9. The lowest BCUT2D eigenvalue weighted by atomic mass is 10.1. The first-order chi connectivity index (χ1) is 9.79. The highest BCUT2D eigenvalue weighted by atomic mass is 16.7. The minimum Gasteiger partial charge on any atom is -0.466 e. The number of methoxy groups -OCH3 is 1. The number of esters is 1. The van der Waals surface area contributed by atoms with E-state index in [1.54, 1.807) is 0 Å². The Labute approximate surface area is 114 Å². The number of hydrogen-bond donors (Lipinski definition) is 0. The van der Waals surface area contributed by atoms with Gasteiger partial charge in [-0.25, -0.2) is 9.42 Å². The topological polar surface area (TPSA) is 99.3 Å². The van der Waals surface area contributed by atoms with Crippen LogP contribution in [0.4, 0.5) is 5.82 Å². The first kappa shape index (κ1) is 12.9. The highest BCUT2D eigenvalue weighted by Crippen LogP contribution is 2.23. The van der Waals surface area contributed by atoms with Crippen LogP contribution in [0.3, 0.4) is 0 Å². The van der Waals surface area contributed by atoms with Gasteiger partial charge in [0.15, 0.2) is 5.69 Å². The average molecular weight is 282 g/mol. The molecule has 9 heteroatoms. The van der Waals surface area contributed by atoms with Gasteiger partial charge in [-0.05, 0) is 10.3 Å². The molecular formula is C11H14N4O5. The van der Waals surface area contributed by atoms with Crippen LogP contribution in [-0.4, -0.2) is 61.5 Å². The van der Waals surface area contributed by atoms with Crippen molar-refractivity contribution in [2.45, 2.75) is 12.5 Å². The van der Waals surface area contributed by atoms with Gasteiger partial charge in [0, 0.05) is 19.5 Å². The van der Waals surface area contributed by atoms with Crippen molar-refractivity contribution in [3.8, 4) is 0 Å². The third-order valence-corrected chi connectivity index (χ3v) is 3.19. The van der Waals surface area contributed by atoms with E-state index in [0.717, 1.165) is 0 Å². The van der Waals surface area contributed by atoms with Crippen molar-refractivity contribution in [1.29, 1.82) is 0 Å². The van der Waals surface area contributed by atoms with Crippen molar-refractivity contribution < 1.29 is 23.7 Å². The summed E-state index contributed by atoms with van der Waals surface area (Å²) in [6.45, 7) is 2.66. The molecule has 3 rings (SSSR count). The molecule has 0 radical (unpaired) electrons. The minimum absolute atomic E-state index is 0.290. The summed E-state index contributed by atoms with van der Waals surface area (Å²) in [6, 6.07) is 0. The Kier molecular flexibility index (Phi) is 3.50. The Hall–Kier alpha value is -2.16. The minimum atomic E-state index is -0.732. The summed E-state index contributed by atoms with van der Waals surface area (Å²) in [7, 11) is 1.31. The quantitative estimate of drug-likeness (QED) is 0.689. The zero-order valence-electron chi connectivity index (χ0n) is 10.9. The molecule has 0 saturated carbocycles. The fraction of sp³-hybridized carbons (Fsp3) is 0.636. The molecule has 0 aromatic carbocycles. The van der Waals surface area contributed by atoms with E-state index >= 15 is 0 Å². The van der Waals surface area contributed by atoms with Crippen LogP contribution in [0.2, 0.25) is 0 Å². The maximum absolute atomic E-state index is 11.4. The Morgan fingerprint density at radius 2 is 2.15 bits per heavy atom. The summed E-state index contributed by atoms with van der Waals surface area (Å²) in [5.41, 5.74) is 1.03. The number of anilines is 1.